The van der Waals surface area contributed by atoms with Crippen molar-refractivity contribution in [2.75, 3.05) is 11.4 Å². The van der Waals surface area contributed by atoms with E-state index >= 15 is 0 Å². The molecule has 3 aromatic rings. The van der Waals surface area contributed by atoms with Crippen LogP contribution in [0, 0.1) is 13.8 Å². The van der Waals surface area contributed by atoms with Crippen molar-refractivity contribution in [1.29, 1.82) is 0 Å². The second kappa shape index (κ2) is 5.64. The van der Waals surface area contributed by atoms with Gasteiger partial charge < -0.3 is 4.90 Å². The van der Waals surface area contributed by atoms with Gasteiger partial charge in [-0.1, -0.05) is 18.2 Å². The molecule has 0 saturated heterocycles. The zero-order valence-corrected chi connectivity index (χ0v) is 13.1. The molecule has 0 unspecified atom stereocenters. The van der Waals surface area contributed by atoms with Crippen molar-refractivity contribution >= 4 is 17.2 Å². The summed E-state index contributed by atoms with van der Waals surface area (Å²) in [4.78, 5) is 19.3. The Morgan fingerprint density at radius 2 is 2.00 bits per heavy atom. The number of pyridine rings is 1. The molecule has 0 aliphatic rings. The fourth-order valence-corrected chi connectivity index (χ4v) is 2.74. The average Bonchev–Trinajstić information content (AvgIpc) is 2.83. The number of fused-ring (bicyclic) bond motifs is 1. The lowest BCUT2D eigenvalue weighted by atomic mass is 10.2. The molecule has 112 valence electrons. The number of carbonyl (C=O) groups is 1. The Bertz CT molecular complexity index is 835. The molecule has 0 radical (unpaired) electrons. The molecule has 0 N–H and O–H groups in total. The normalized spacial score (nSPS) is 10.9. The first-order chi connectivity index (χ1) is 10.6. The second-order valence-corrected chi connectivity index (χ2v) is 5.36. The van der Waals surface area contributed by atoms with Gasteiger partial charge in [0.1, 0.15) is 11.3 Å². The smallest absolute Gasteiger partial charge is 0.277 e. The predicted octanol–water partition coefficient (Wildman–Crippen LogP) is 3.62. The van der Waals surface area contributed by atoms with Crippen molar-refractivity contribution in [1.82, 2.24) is 9.38 Å². The Morgan fingerprint density at radius 1 is 1.18 bits per heavy atom. The van der Waals surface area contributed by atoms with Gasteiger partial charge in [0.25, 0.3) is 5.91 Å². The van der Waals surface area contributed by atoms with Gasteiger partial charge in [0.05, 0.1) is 5.69 Å². The Hall–Kier alpha value is -2.62. The van der Waals surface area contributed by atoms with E-state index in [0.29, 0.717) is 12.2 Å². The first-order valence-electron chi connectivity index (χ1n) is 7.44. The number of nitrogens with zero attached hydrogens (tertiary/aromatic N) is 3. The van der Waals surface area contributed by atoms with Gasteiger partial charge in [-0.25, -0.2) is 4.98 Å². The van der Waals surface area contributed by atoms with Gasteiger partial charge in [0, 0.05) is 18.4 Å². The third-order valence-electron chi connectivity index (χ3n) is 3.78. The van der Waals surface area contributed by atoms with E-state index < -0.39 is 0 Å². The lowest BCUT2D eigenvalue weighted by Gasteiger charge is -2.21. The van der Waals surface area contributed by atoms with E-state index in [1.165, 1.54) is 0 Å². The van der Waals surface area contributed by atoms with E-state index in [9.17, 15) is 4.79 Å². The lowest BCUT2D eigenvalue weighted by molar-refractivity contribution is 0.0982. The highest BCUT2D eigenvalue weighted by atomic mass is 16.2. The number of hydrogen-bond acceptors (Lipinski definition) is 2. The first-order valence-corrected chi connectivity index (χ1v) is 7.44. The van der Waals surface area contributed by atoms with Crippen LogP contribution in [0.2, 0.25) is 0 Å². The van der Waals surface area contributed by atoms with Crippen LogP contribution in [-0.4, -0.2) is 21.8 Å². The monoisotopic (exact) mass is 293 g/mol. The van der Waals surface area contributed by atoms with Crippen LogP contribution in [-0.2, 0) is 0 Å². The van der Waals surface area contributed by atoms with Crippen LogP contribution in [0.1, 0.15) is 28.7 Å². The minimum atomic E-state index is -0.0238. The van der Waals surface area contributed by atoms with Gasteiger partial charge in [-0.05, 0) is 50.6 Å². The number of carbonyl (C=O) groups excluding carboxylic acids is 1. The molecule has 2 heterocycles. The number of hydrogen-bond donors (Lipinski definition) is 0. The highest BCUT2D eigenvalue weighted by Gasteiger charge is 2.22. The Labute approximate surface area is 130 Å². The summed E-state index contributed by atoms with van der Waals surface area (Å²) in [6.07, 6.45) is 1.88. The zero-order valence-electron chi connectivity index (χ0n) is 13.1. The van der Waals surface area contributed by atoms with Crippen LogP contribution in [0.3, 0.4) is 0 Å². The largest absolute Gasteiger partial charge is 0.307 e. The molecule has 1 aromatic carbocycles. The molecule has 4 heteroatoms. The van der Waals surface area contributed by atoms with Crippen molar-refractivity contribution in [3.63, 3.8) is 0 Å². The molecule has 0 spiro atoms. The topological polar surface area (TPSA) is 37.6 Å². The van der Waals surface area contributed by atoms with Crippen molar-refractivity contribution < 1.29 is 4.79 Å². The molecule has 0 atom stereocenters. The molecule has 3 rings (SSSR count). The van der Waals surface area contributed by atoms with Crippen LogP contribution in [0.25, 0.3) is 5.65 Å². The van der Waals surface area contributed by atoms with Crippen LogP contribution in [0.15, 0.2) is 48.7 Å². The molecule has 0 bridgehead atoms. The third kappa shape index (κ3) is 2.37. The number of amides is 1. The number of benzene rings is 1. The SMILES string of the molecule is CCN(C(=O)c1c(C)nc2ccccn12)c1cccc(C)c1. The molecule has 4 nitrogen and oxygen atoms in total. The number of anilines is 1. The quantitative estimate of drug-likeness (QED) is 0.739. The van der Waals surface area contributed by atoms with Gasteiger partial charge in [0.2, 0.25) is 0 Å². The minimum Gasteiger partial charge on any atom is -0.307 e. The summed E-state index contributed by atoms with van der Waals surface area (Å²) in [6.45, 7) is 6.51. The Balaban J connectivity index is 2.09. The minimum absolute atomic E-state index is 0.0238. The molecule has 1 amide bonds. The van der Waals surface area contributed by atoms with E-state index in [4.69, 9.17) is 0 Å². The molecule has 0 aliphatic carbocycles. The summed E-state index contributed by atoms with van der Waals surface area (Å²) >= 11 is 0. The summed E-state index contributed by atoms with van der Waals surface area (Å²) in [5, 5.41) is 0. The van der Waals surface area contributed by atoms with Crippen LogP contribution in [0.4, 0.5) is 5.69 Å². The average molecular weight is 293 g/mol. The maximum absolute atomic E-state index is 13.0. The molecule has 0 fully saturated rings. The van der Waals surface area contributed by atoms with Gasteiger partial charge >= 0.3 is 0 Å². The van der Waals surface area contributed by atoms with E-state index in [-0.39, 0.29) is 5.91 Å². The molecule has 2 aromatic heterocycles. The van der Waals surface area contributed by atoms with Gasteiger partial charge in [0.15, 0.2) is 0 Å². The van der Waals surface area contributed by atoms with E-state index in [1.54, 1.807) is 4.90 Å². The number of aryl methyl sites for hydroxylation is 2. The Kier molecular flexibility index (Phi) is 3.67. The summed E-state index contributed by atoms with van der Waals surface area (Å²) in [6, 6.07) is 13.7. The summed E-state index contributed by atoms with van der Waals surface area (Å²) in [7, 11) is 0. The Morgan fingerprint density at radius 3 is 2.73 bits per heavy atom. The number of rotatable bonds is 3. The second-order valence-electron chi connectivity index (χ2n) is 5.36. The van der Waals surface area contributed by atoms with Crippen LogP contribution in [0.5, 0.6) is 0 Å². The van der Waals surface area contributed by atoms with E-state index in [2.05, 4.69) is 4.98 Å². The number of imidazole rings is 1. The fraction of sp³-hybridized carbons (Fsp3) is 0.222. The summed E-state index contributed by atoms with van der Waals surface area (Å²) < 4.78 is 1.86. The first kappa shape index (κ1) is 14.3. The van der Waals surface area contributed by atoms with Gasteiger partial charge in [-0.3, -0.25) is 9.20 Å². The highest BCUT2D eigenvalue weighted by Crippen LogP contribution is 2.21. The third-order valence-corrected chi connectivity index (χ3v) is 3.78. The number of aromatic nitrogens is 2. The molecule has 22 heavy (non-hydrogen) atoms. The predicted molar refractivity (Wildman–Crippen MR) is 88.5 cm³/mol. The maximum Gasteiger partial charge on any atom is 0.277 e. The zero-order chi connectivity index (χ0) is 15.7. The lowest BCUT2D eigenvalue weighted by Crippen LogP contribution is -2.32. The van der Waals surface area contributed by atoms with Crippen molar-refractivity contribution in [2.45, 2.75) is 20.8 Å². The van der Waals surface area contributed by atoms with Gasteiger partial charge in [-0.15, -0.1) is 0 Å². The van der Waals surface area contributed by atoms with Crippen LogP contribution < -0.4 is 4.90 Å². The summed E-state index contributed by atoms with van der Waals surface area (Å²) in [5.41, 5.74) is 4.22. The fourth-order valence-electron chi connectivity index (χ4n) is 2.74. The molecular formula is C18H19N3O. The van der Waals surface area contributed by atoms with E-state index in [1.807, 2.05) is 73.8 Å². The molecule has 0 saturated carbocycles. The molecular weight excluding hydrogens is 274 g/mol. The maximum atomic E-state index is 13.0. The van der Waals surface area contributed by atoms with Crippen molar-refractivity contribution in [3.05, 3.63) is 65.6 Å². The highest BCUT2D eigenvalue weighted by molar-refractivity contribution is 6.06. The van der Waals surface area contributed by atoms with E-state index in [0.717, 1.165) is 22.6 Å². The van der Waals surface area contributed by atoms with Crippen molar-refractivity contribution in [3.8, 4) is 0 Å². The molecule has 0 aliphatic heterocycles. The standard InChI is InChI=1S/C18H19N3O/c1-4-20(15-9-7-8-13(2)12-15)18(22)17-14(3)19-16-10-5-6-11-21(16)17/h5-12H,4H2,1-3H3. The summed E-state index contributed by atoms with van der Waals surface area (Å²) in [5.74, 6) is -0.0238. The van der Waals surface area contributed by atoms with Crippen LogP contribution >= 0.6 is 0 Å². The van der Waals surface area contributed by atoms with Gasteiger partial charge in [-0.2, -0.15) is 0 Å². The van der Waals surface area contributed by atoms with Crippen molar-refractivity contribution in [2.24, 2.45) is 0 Å².